The lowest BCUT2D eigenvalue weighted by Gasteiger charge is -2.18. The maximum Gasteiger partial charge on any atom is 0.306 e. The number of ether oxygens (including phenoxy) is 3. The molecule has 0 N–H and O–H groups in total. The molecule has 0 aliphatic carbocycles. The van der Waals surface area contributed by atoms with Crippen LogP contribution in [-0.4, -0.2) is 37.2 Å². The lowest BCUT2D eigenvalue weighted by molar-refractivity contribution is -0.167. The van der Waals surface area contributed by atoms with E-state index in [4.69, 9.17) is 14.2 Å². The smallest absolute Gasteiger partial charge is 0.306 e. The van der Waals surface area contributed by atoms with E-state index in [1.54, 1.807) is 0 Å². The van der Waals surface area contributed by atoms with Gasteiger partial charge in [0, 0.05) is 19.3 Å². The van der Waals surface area contributed by atoms with Gasteiger partial charge in [-0.25, -0.2) is 0 Å². The molecule has 460 valence electrons. The first-order chi connectivity index (χ1) is 39.5. The van der Waals surface area contributed by atoms with Crippen molar-refractivity contribution in [3.8, 4) is 0 Å². The van der Waals surface area contributed by atoms with Crippen molar-refractivity contribution in [1.29, 1.82) is 0 Å². The molecule has 0 aromatic carbocycles. The van der Waals surface area contributed by atoms with Crippen LogP contribution < -0.4 is 0 Å². The molecule has 0 amide bonds. The van der Waals surface area contributed by atoms with Crippen molar-refractivity contribution in [3.05, 3.63) is 97.2 Å². The molecule has 0 aromatic rings. The highest BCUT2D eigenvalue weighted by atomic mass is 16.6. The van der Waals surface area contributed by atoms with E-state index < -0.39 is 6.10 Å². The van der Waals surface area contributed by atoms with Gasteiger partial charge in [0.15, 0.2) is 6.10 Å². The van der Waals surface area contributed by atoms with Gasteiger partial charge < -0.3 is 14.2 Å². The van der Waals surface area contributed by atoms with Gasteiger partial charge in [-0.2, -0.15) is 0 Å². The number of hydrogen-bond acceptors (Lipinski definition) is 6. The first-order valence-electron chi connectivity index (χ1n) is 34.2. The van der Waals surface area contributed by atoms with Crippen molar-refractivity contribution in [2.45, 2.75) is 341 Å². The number of esters is 3. The Morgan fingerprint density at radius 3 is 0.762 bits per heavy atom. The van der Waals surface area contributed by atoms with E-state index in [0.29, 0.717) is 19.3 Å². The fourth-order valence-corrected chi connectivity index (χ4v) is 9.76. The molecule has 0 rings (SSSR count). The third-order valence-corrected chi connectivity index (χ3v) is 14.9. The van der Waals surface area contributed by atoms with E-state index in [1.165, 1.54) is 173 Å². The van der Waals surface area contributed by atoms with Gasteiger partial charge >= 0.3 is 17.9 Å². The second-order valence-electron chi connectivity index (χ2n) is 22.7. The predicted molar refractivity (Wildman–Crippen MR) is 348 cm³/mol. The molecule has 1 atom stereocenters. The van der Waals surface area contributed by atoms with Crippen molar-refractivity contribution in [3.63, 3.8) is 0 Å². The minimum Gasteiger partial charge on any atom is -0.462 e. The highest BCUT2D eigenvalue weighted by Crippen LogP contribution is 2.17. The first kappa shape index (κ1) is 76.3. The van der Waals surface area contributed by atoms with Crippen LogP contribution in [0.1, 0.15) is 335 Å². The van der Waals surface area contributed by atoms with Crippen molar-refractivity contribution in [2.75, 3.05) is 13.2 Å². The molecule has 0 saturated heterocycles. The van der Waals surface area contributed by atoms with Gasteiger partial charge in [-0.3, -0.25) is 14.4 Å². The molecule has 0 aliphatic rings. The molecule has 1 unspecified atom stereocenters. The quantitative estimate of drug-likeness (QED) is 0.0261. The Labute approximate surface area is 496 Å². The van der Waals surface area contributed by atoms with Crippen LogP contribution in [0.4, 0.5) is 0 Å². The van der Waals surface area contributed by atoms with Gasteiger partial charge in [0.05, 0.1) is 0 Å². The van der Waals surface area contributed by atoms with E-state index in [2.05, 4.69) is 118 Å². The summed E-state index contributed by atoms with van der Waals surface area (Å²) in [6.07, 6.45) is 91.3. The summed E-state index contributed by atoms with van der Waals surface area (Å²) in [5.41, 5.74) is 0. The average Bonchev–Trinajstić information content (AvgIpc) is 3.46. The van der Waals surface area contributed by atoms with Crippen molar-refractivity contribution in [2.24, 2.45) is 0 Å². The van der Waals surface area contributed by atoms with Crippen molar-refractivity contribution >= 4 is 17.9 Å². The summed E-state index contributed by atoms with van der Waals surface area (Å²) in [4.78, 5) is 38.4. The SMILES string of the molecule is CC/C=C\C/C=C\C/C=C\C/C=C\C/C=C\C/C=C\C/C=C\C/C=C\CCCCCCC(=O)OCC(COC(=O)CCCCCCCCCCCCCCCC)OC(=O)CCCCCCCCCCCCCCCCCCCCC. The van der Waals surface area contributed by atoms with Crippen LogP contribution in [0.3, 0.4) is 0 Å². The van der Waals surface area contributed by atoms with Crippen LogP contribution in [0.25, 0.3) is 0 Å². The zero-order valence-electron chi connectivity index (χ0n) is 52.8. The molecule has 6 nitrogen and oxygen atoms in total. The molecule has 6 heteroatoms. The summed E-state index contributed by atoms with van der Waals surface area (Å²) in [7, 11) is 0. The Bertz CT molecular complexity index is 1560. The topological polar surface area (TPSA) is 78.9 Å². The molecule has 0 saturated carbocycles. The summed E-state index contributed by atoms with van der Waals surface area (Å²) in [5, 5.41) is 0. The standard InChI is InChI=1S/C74H128O6/c1-4-7-10-13-16-19-22-25-28-30-32-33-34-35-36-37-38-39-40-41-43-44-46-49-52-55-58-61-64-67-73(76)79-70-71(69-78-72(75)66-63-60-57-54-51-48-27-24-21-18-15-12-9-6-3)80-74(77)68-65-62-59-56-53-50-47-45-42-31-29-26-23-20-17-14-11-8-5-2/h7,10,16,19,25,28,32-33,35-36,38-39,41,43,46,49,71H,4-6,8-9,11-15,17-18,20-24,26-27,29-31,34,37,40,42,44-45,47-48,50-70H2,1-3H3/b10-7-,19-16-,28-25-,33-32-,36-35-,39-38-,43-41-,49-46-. The summed E-state index contributed by atoms with van der Waals surface area (Å²) in [6, 6.07) is 0. The first-order valence-corrected chi connectivity index (χ1v) is 34.2. The molecule has 0 aliphatic heterocycles. The molecule has 0 bridgehead atoms. The van der Waals surface area contributed by atoms with Crippen LogP contribution in [-0.2, 0) is 28.6 Å². The second-order valence-corrected chi connectivity index (χ2v) is 22.7. The average molecular weight is 1110 g/mol. The molecular formula is C74H128O6. The number of hydrogen-bond donors (Lipinski definition) is 0. The molecular weight excluding hydrogens is 985 g/mol. The zero-order chi connectivity index (χ0) is 57.8. The van der Waals surface area contributed by atoms with Crippen LogP contribution in [0.15, 0.2) is 97.2 Å². The summed E-state index contributed by atoms with van der Waals surface area (Å²) in [6.45, 7) is 6.55. The van der Waals surface area contributed by atoms with Crippen LogP contribution in [0.2, 0.25) is 0 Å². The van der Waals surface area contributed by atoms with Gasteiger partial charge in [0.25, 0.3) is 0 Å². The Balaban J connectivity index is 4.36. The number of allylic oxidation sites excluding steroid dienone is 16. The summed E-state index contributed by atoms with van der Waals surface area (Å²) >= 11 is 0. The second kappa shape index (κ2) is 67.8. The Hall–Kier alpha value is -3.67. The molecule has 0 fully saturated rings. The number of carbonyl (C=O) groups excluding carboxylic acids is 3. The Morgan fingerprint density at radius 1 is 0.263 bits per heavy atom. The Kier molecular flexibility index (Phi) is 64.7. The van der Waals surface area contributed by atoms with Gasteiger partial charge in [-0.15, -0.1) is 0 Å². The third kappa shape index (κ3) is 65.1. The fourth-order valence-electron chi connectivity index (χ4n) is 9.76. The monoisotopic (exact) mass is 1110 g/mol. The van der Waals surface area contributed by atoms with E-state index >= 15 is 0 Å². The van der Waals surface area contributed by atoms with Crippen molar-refractivity contribution in [1.82, 2.24) is 0 Å². The van der Waals surface area contributed by atoms with E-state index in [9.17, 15) is 14.4 Å². The maximum absolute atomic E-state index is 12.9. The Morgan fingerprint density at radius 2 is 0.487 bits per heavy atom. The highest BCUT2D eigenvalue weighted by Gasteiger charge is 2.19. The maximum atomic E-state index is 12.9. The van der Waals surface area contributed by atoms with Crippen LogP contribution in [0.5, 0.6) is 0 Å². The van der Waals surface area contributed by atoms with Crippen LogP contribution >= 0.6 is 0 Å². The van der Waals surface area contributed by atoms with Crippen molar-refractivity contribution < 1.29 is 28.6 Å². The van der Waals surface area contributed by atoms with E-state index in [0.717, 1.165) is 122 Å². The molecule has 0 spiro atoms. The molecule has 0 aromatic heterocycles. The number of carbonyl (C=O) groups is 3. The molecule has 80 heavy (non-hydrogen) atoms. The third-order valence-electron chi connectivity index (χ3n) is 14.9. The lowest BCUT2D eigenvalue weighted by Crippen LogP contribution is -2.30. The highest BCUT2D eigenvalue weighted by molar-refractivity contribution is 5.71. The van der Waals surface area contributed by atoms with Gasteiger partial charge in [0.1, 0.15) is 13.2 Å². The number of rotatable bonds is 62. The minimum atomic E-state index is -0.787. The van der Waals surface area contributed by atoms with Gasteiger partial charge in [-0.05, 0) is 83.5 Å². The number of unbranched alkanes of at least 4 members (excludes halogenated alkanes) is 35. The fraction of sp³-hybridized carbons (Fsp3) is 0.743. The van der Waals surface area contributed by atoms with Crippen LogP contribution in [0, 0.1) is 0 Å². The summed E-state index contributed by atoms with van der Waals surface area (Å²) in [5.74, 6) is -0.889. The summed E-state index contributed by atoms with van der Waals surface area (Å²) < 4.78 is 17.0. The minimum absolute atomic E-state index is 0.0809. The predicted octanol–water partition coefficient (Wildman–Crippen LogP) is 23.6. The lowest BCUT2D eigenvalue weighted by atomic mass is 10.0. The molecule has 0 radical (unpaired) electrons. The van der Waals surface area contributed by atoms with E-state index in [1.807, 2.05) is 0 Å². The zero-order valence-corrected chi connectivity index (χ0v) is 52.8. The van der Waals surface area contributed by atoms with Gasteiger partial charge in [0.2, 0.25) is 0 Å². The normalized spacial score (nSPS) is 12.7. The van der Waals surface area contributed by atoms with Gasteiger partial charge in [-0.1, -0.05) is 330 Å². The van der Waals surface area contributed by atoms with E-state index in [-0.39, 0.29) is 31.1 Å². The molecule has 0 heterocycles. The largest absolute Gasteiger partial charge is 0.462 e.